The Hall–Kier alpha value is -1.10. The Bertz CT molecular complexity index is 192. The maximum Gasteiger partial charge on any atom is 0.317 e. The van der Waals surface area contributed by atoms with Crippen LogP contribution in [0.15, 0.2) is 0 Å². The van der Waals surface area contributed by atoms with Gasteiger partial charge in [0.25, 0.3) is 0 Å². The van der Waals surface area contributed by atoms with Gasteiger partial charge in [0.2, 0.25) is 0 Å². The molecule has 0 saturated heterocycles. The second-order valence-corrected chi connectivity index (χ2v) is 3.57. The molecule has 0 aromatic heterocycles. The molecule has 0 aliphatic rings. The van der Waals surface area contributed by atoms with Gasteiger partial charge in [-0.3, -0.25) is 9.59 Å². The largest absolute Gasteiger partial charge is 0.481 e. The van der Waals surface area contributed by atoms with E-state index in [1.54, 1.807) is 0 Å². The summed E-state index contributed by atoms with van der Waals surface area (Å²) in [7, 11) is 0. The van der Waals surface area contributed by atoms with Crippen molar-refractivity contribution in [2.45, 2.75) is 38.5 Å². The van der Waals surface area contributed by atoms with Gasteiger partial charge in [0.1, 0.15) is 0 Å². The molecule has 0 fully saturated rings. The molecule has 5 heteroatoms. The first-order chi connectivity index (χ1) is 7.09. The van der Waals surface area contributed by atoms with Gasteiger partial charge in [-0.15, -0.1) is 0 Å². The molecule has 0 bridgehead atoms. The third-order valence-electron chi connectivity index (χ3n) is 2.29. The molecule has 0 aliphatic heterocycles. The Morgan fingerprint density at radius 2 is 1.40 bits per heavy atom. The van der Waals surface area contributed by atoms with Crippen molar-refractivity contribution in [1.29, 1.82) is 0 Å². The Morgan fingerprint density at radius 1 is 0.933 bits per heavy atom. The van der Waals surface area contributed by atoms with Gasteiger partial charge in [-0.05, 0) is 19.4 Å². The van der Waals surface area contributed by atoms with E-state index in [1.165, 1.54) is 0 Å². The molecule has 0 radical (unpaired) electrons. The quantitative estimate of drug-likeness (QED) is 0.396. The van der Waals surface area contributed by atoms with Crippen LogP contribution in [0.4, 0.5) is 0 Å². The van der Waals surface area contributed by atoms with Gasteiger partial charge in [0.05, 0.1) is 0 Å². The number of unbranched alkanes of at least 4 members (excludes halogenated alkanes) is 4. The van der Waals surface area contributed by atoms with E-state index in [4.69, 9.17) is 15.9 Å². The molecule has 0 atom stereocenters. The van der Waals surface area contributed by atoms with Crippen molar-refractivity contribution in [2.75, 3.05) is 6.54 Å². The number of nitrogens with two attached hydrogens (primary N) is 1. The van der Waals surface area contributed by atoms with E-state index >= 15 is 0 Å². The van der Waals surface area contributed by atoms with Crippen molar-refractivity contribution in [3.05, 3.63) is 0 Å². The van der Waals surface area contributed by atoms with Crippen molar-refractivity contribution in [2.24, 2.45) is 11.7 Å². The molecular formula is C10H19NO4. The molecule has 0 heterocycles. The summed E-state index contributed by atoms with van der Waals surface area (Å²) in [5, 5.41) is 17.2. The highest BCUT2D eigenvalue weighted by Gasteiger charge is 2.24. The van der Waals surface area contributed by atoms with Crippen LogP contribution < -0.4 is 5.73 Å². The van der Waals surface area contributed by atoms with Crippen molar-refractivity contribution in [1.82, 2.24) is 0 Å². The average molecular weight is 217 g/mol. The zero-order valence-corrected chi connectivity index (χ0v) is 8.82. The molecule has 0 aromatic rings. The lowest BCUT2D eigenvalue weighted by Gasteiger charge is -2.06. The van der Waals surface area contributed by atoms with Crippen LogP contribution in [-0.4, -0.2) is 28.7 Å². The van der Waals surface area contributed by atoms with Gasteiger partial charge in [-0.1, -0.05) is 25.7 Å². The molecule has 0 aromatic carbocycles. The van der Waals surface area contributed by atoms with Crippen molar-refractivity contribution in [3.8, 4) is 0 Å². The summed E-state index contributed by atoms with van der Waals surface area (Å²) in [4.78, 5) is 21.0. The molecule has 88 valence electrons. The highest BCUT2D eigenvalue weighted by Crippen LogP contribution is 2.12. The fourth-order valence-corrected chi connectivity index (χ4v) is 1.38. The number of hydrogen-bond acceptors (Lipinski definition) is 3. The first-order valence-electron chi connectivity index (χ1n) is 5.25. The first-order valence-corrected chi connectivity index (χ1v) is 5.25. The average Bonchev–Trinajstić information content (AvgIpc) is 2.15. The zero-order valence-electron chi connectivity index (χ0n) is 8.82. The number of aliphatic carboxylic acids is 2. The SMILES string of the molecule is NCCCCCCCC(C(=O)O)C(=O)O. The highest BCUT2D eigenvalue weighted by atomic mass is 16.4. The molecule has 0 unspecified atom stereocenters. The molecule has 0 amide bonds. The van der Waals surface area contributed by atoms with Gasteiger partial charge >= 0.3 is 11.9 Å². The van der Waals surface area contributed by atoms with Gasteiger partial charge in [0.15, 0.2) is 5.92 Å². The van der Waals surface area contributed by atoms with Crippen molar-refractivity contribution < 1.29 is 19.8 Å². The lowest BCUT2D eigenvalue weighted by atomic mass is 10.0. The number of carboxylic acid groups (broad SMARTS) is 2. The predicted octanol–water partition coefficient (Wildman–Crippen LogP) is 1.07. The molecule has 15 heavy (non-hydrogen) atoms. The number of rotatable bonds is 9. The van der Waals surface area contributed by atoms with Gasteiger partial charge in [-0.25, -0.2) is 0 Å². The predicted molar refractivity (Wildman–Crippen MR) is 55.5 cm³/mol. The van der Waals surface area contributed by atoms with E-state index in [9.17, 15) is 9.59 Å². The maximum absolute atomic E-state index is 10.5. The molecular weight excluding hydrogens is 198 g/mol. The summed E-state index contributed by atoms with van der Waals surface area (Å²) in [6.07, 6.45) is 4.73. The van der Waals surface area contributed by atoms with E-state index in [-0.39, 0.29) is 6.42 Å². The van der Waals surface area contributed by atoms with Crippen LogP contribution >= 0.6 is 0 Å². The minimum absolute atomic E-state index is 0.216. The summed E-state index contributed by atoms with van der Waals surface area (Å²) in [5.41, 5.74) is 5.32. The zero-order chi connectivity index (χ0) is 11.7. The number of hydrogen-bond donors (Lipinski definition) is 3. The third-order valence-corrected chi connectivity index (χ3v) is 2.29. The molecule has 4 N–H and O–H groups in total. The van der Waals surface area contributed by atoms with Gasteiger partial charge in [0, 0.05) is 0 Å². The van der Waals surface area contributed by atoms with Crippen LogP contribution in [0.25, 0.3) is 0 Å². The molecule has 0 aliphatic carbocycles. The standard InChI is InChI=1S/C10H19NO4/c11-7-5-3-1-2-4-6-8(9(12)13)10(14)15/h8H,1-7,11H2,(H,12,13)(H,14,15). The minimum Gasteiger partial charge on any atom is -0.481 e. The third kappa shape index (κ3) is 6.90. The smallest absolute Gasteiger partial charge is 0.317 e. The summed E-state index contributed by atoms with van der Waals surface area (Å²) in [6, 6.07) is 0. The van der Waals surface area contributed by atoms with Crippen LogP contribution in [0.2, 0.25) is 0 Å². The van der Waals surface area contributed by atoms with Crippen LogP contribution in [0.3, 0.4) is 0 Å². The Kier molecular flexibility index (Phi) is 7.62. The highest BCUT2D eigenvalue weighted by molar-refractivity contribution is 5.92. The topological polar surface area (TPSA) is 101 Å². The summed E-state index contributed by atoms with van der Waals surface area (Å²) in [6.45, 7) is 0.673. The molecule has 0 spiro atoms. The first kappa shape index (κ1) is 13.9. The normalized spacial score (nSPS) is 10.5. The lowest BCUT2D eigenvalue weighted by Crippen LogP contribution is -2.23. The summed E-state index contributed by atoms with van der Waals surface area (Å²) in [5.74, 6) is -3.74. The lowest BCUT2D eigenvalue weighted by molar-refractivity contribution is -0.154. The van der Waals surface area contributed by atoms with E-state index in [0.717, 1.165) is 25.7 Å². The van der Waals surface area contributed by atoms with Crippen LogP contribution in [-0.2, 0) is 9.59 Å². The monoisotopic (exact) mass is 217 g/mol. The van der Waals surface area contributed by atoms with Gasteiger partial charge in [-0.2, -0.15) is 0 Å². The van der Waals surface area contributed by atoms with Crippen molar-refractivity contribution >= 4 is 11.9 Å². The fraction of sp³-hybridized carbons (Fsp3) is 0.800. The Labute approximate surface area is 89.3 Å². The summed E-state index contributed by atoms with van der Waals surface area (Å²) < 4.78 is 0. The Morgan fingerprint density at radius 3 is 1.87 bits per heavy atom. The number of carboxylic acids is 2. The summed E-state index contributed by atoms with van der Waals surface area (Å²) >= 11 is 0. The molecule has 5 nitrogen and oxygen atoms in total. The second-order valence-electron chi connectivity index (χ2n) is 3.57. The molecule has 0 saturated carbocycles. The second kappa shape index (κ2) is 8.23. The van der Waals surface area contributed by atoms with E-state index < -0.39 is 17.9 Å². The van der Waals surface area contributed by atoms with E-state index in [0.29, 0.717) is 13.0 Å². The van der Waals surface area contributed by atoms with Crippen LogP contribution in [0.1, 0.15) is 38.5 Å². The molecule has 0 rings (SSSR count). The van der Waals surface area contributed by atoms with Crippen LogP contribution in [0.5, 0.6) is 0 Å². The fourth-order valence-electron chi connectivity index (χ4n) is 1.38. The van der Waals surface area contributed by atoms with Crippen LogP contribution in [0, 0.1) is 5.92 Å². The van der Waals surface area contributed by atoms with E-state index in [2.05, 4.69) is 0 Å². The maximum atomic E-state index is 10.5. The minimum atomic E-state index is -1.25. The van der Waals surface area contributed by atoms with E-state index in [1.807, 2.05) is 0 Å². The number of carbonyl (C=O) groups is 2. The Balaban J connectivity index is 3.55. The van der Waals surface area contributed by atoms with Gasteiger partial charge < -0.3 is 15.9 Å². The van der Waals surface area contributed by atoms with Crippen molar-refractivity contribution in [3.63, 3.8) is 0 Å².